The summed E-state index contributed by atoms with van der Waals surface area (Å²) in [6.07, 6.45) is 7.74. The predicted octanol–water partition coefficient (Wildman–Crippen LogP) is 6.76. The lowest BCUT2D eigenvalue weighted by Gasteiger charge is -2.27. The van der Waals surface area contributed by atoms with Gasteiger partial charge in [-0.15, -0.1) is 0 Å². The maximum absolute atomic E-state index is 13.9. The van der Waals surface area contributed by atoms with Gasteiger partial charge in [0.05, 0.1) is 23.1 Å². The highest BCUT2D eigenvalue weighted by molar-refractivity contribution is 7.92. The lowest BCUT2D eigenvalue weighted by Crippen LogP contribution is -2.31. The third-order valence-corrected chi connectivity index (χ3v) is 8.52. The van der Waals surface area contributed by atoms with Crippen LogP contribution < -0.4 is 4.72 Å². The van der Waals surface area contributed by atoms with Crippen LogP contribution in [0, 0.1) is 5.92 Å². The summed E-state index contributed by atoms with van der Waals surface area (Å²) in [5, 5.41) is 6.73. The van der Waals surface area contributed by atoms with E-state index in [0.29, 0.717) is 16.5 Å². The molecule has 2 aromatic carbocycles. The minimum atomic E-state index is -3.96. The molecule has 6 rings (SSSR count). The van der Waals surface area contributed by atoms with E-state index in [0.717, 1.165) is 36.3 Å². The second-order valence-electron chi connectivity index (χ2n) is 9.42. The Hall–Kier alpha value is -4.08. The van der Waals surface area contributed by atoms with Crippen molar-refractivity contribution in [3.8, 4) is 0 Å². The van der Waals surface area contributed by atoms with Crippen molar-refractivity contribution in [2.45, 2.75) is 30.2 Å². The van der Waals surface area contributed by atoms with Gasteiger partial charge in [-0.3, -0.25) is 9.52 Å². The number of nitrogens with zero attached hydrogens (tertiary/aromatic N) is 2. The number of rotatable bonds is 6. The van der Waals surface area contributed by atoms with E-state index in [1.807, 2.05) is 24.3 Å². The molecule has 0 saturated heterocycles. The molecular weight excluding hydrogens is 538 g/mol. The van der Waals surface area contributed by atoms with Crippen molar-refractivity contribution >= 4 is 45.0 Å². The summed E-state index contributed by atoms with van der Waals surface area (Å²) in [5.74, 6) is 0.867. The van der Waals surface area contributed by atoms with Crippen molar-refractivity contribution in [1.29, 1.82) is 0 Å². The fourth-order valence-corrected chi connectivity index (χ4v) is 6.34. The summed E-state index contributed by atoms with van der Waals surface area (Å²) in [5.41, 5.74) is 2.39. The molecule has 1 aliphatic carbocycles. The first-order chi connectivity index (χ1) is 18.9. The van der Waals surface area contributed by atoms with E-state index in [2.05, 4.69) is 4.72 Å². The van der Waals surface area contributed by atoms with E-state index in [4.69, 9.17) is 25.5 Å². The van der Waals surface area contributed by atoms with E-state index in [9.17, 15) is 13.2 Å². The van der Waals surface area contributed by atoms with Gasteiger partial charge in [-0.1, -0.05) is 17.7 Å². The van der Waals surface area contributed by atoms with Crippen LogP contribution >= 0.6 is 11.6 Å². The molecule has 0 bridgehead atoms. The van der Waals surface area contributed by atoms with Crippen molar-refractivity contribution in [2.24, 2.45) is 11.0 Å². The Labute approximate surface area is 230 Å². The summed E-state index contributed by atoms with van der Waals surface area (Å²) < 4.78 is 40.0. The number of sulfonamides is 1. The predicted molar refractivity (Wildman–Crippen MR) is 148 cm³/mol. The van der Waals surface area contributed by atoms with Crippen LogP contribution in [-0.2, 0) is 10.0 Å². The third-order valence-electron chi connectivity index (χ3n) is 6.89. The monoisotopic (exact) mass is 561 g/mol. The molecule has 1 saturated carbocycles. The number of carbonyl (C=O) groups is 1. The first-order valence-electron chi connectivity index (χ1n) is 12.5. The molecule has 0 spiro atoms. The summed E-state index contributed by atoms with van der Waals surface area (Å²) in [7, 11) is -3.96. The Bertz CT molecular complexity index is 1660. The smallest absolute Gasteiger partial charge is 0.274 e. The standard InChI is InChI=1S/C29H24ClN3O5S/c30-21-11-13-22(14-12-21)32-39(35,36)24-8-1-6-20(18-24)29(34)33-28(26-10-4-16-38-26)25-9-2-5-19(27(25)31-33)17-23-7-3-15-37-23/h1,3-4,6-8,10-18,25,28,32H,2,5,9H2/b19-17+. The Morgan fingerprint density at radius 1 is 1.03 bits per heavy atom. The van der Waals surface area contributed by atoms with E-state index < -0.39 is 22.0 Å². The lowest BCUT2D eigenvalue weighted by atomic mass is 9.79. The number of hydrogen-bond acceptors (Lipinski definition) is 6. The zero-order valence-electron chi connectivity index (χ0n) is 20.7. The largest absolute Gasteiger partial charge is 0.467 e. The van der Waals surface area contributed by atoms with Gasteiger partial charge in [0.2, 0.25) is 0 Å². The first-order valence-corrected chi connectivity index (χ1v) is 14.3. The second kappa shape index (κ2) is 10.2. The number of benzene rings is 2. The van der Waals surface area contributed by atoms with Crippen LogP contribution in [0.4, 0.5) is 5.69 Å². The molecule has 2 unspecified atom stereocenters. The van der Waals surface area contributed by atoms with E-state index >= 15 is 0 Å². The molecule has 1 amide bonds. The first kappa shape index (κ1) is 25.2. The van der Waals surface area contributed by atoms with Gasteiger partial charge in [-0.25, -0.2) is 13.4 Å². The van der Waals surface area contributed by atoms with Crippen LogP contribution in [0.25, 0.3) is 6.08 Å². The topological polar surface area (TPSA) is 105 Å². The van der Waals surface area contributed by atoms with Gasteiger partial charge in [0.15, 0.2) is 0 Å². The second-order valence-corrected chi connectivity index (χ2v) is 11.5. The van der Waals surface area contributed by atoms with Gasteiger partial charge in [0, 0.05) is 22.2 Å². The van der Waals surface area contributed by atoms with Gasteiger partial charge in [0.1, 0.15) is 17.6 Å². The number of hydrazone groups is 1. The molecule has 2 aromatic heterocycles. The van der Waals surface area contributed by atoms with Crippen molar-refractivity contribution in [3.63, 3.8) is 0 Å². The van der Waals surface area contributed by atoms with Crippen molar-refractivity contribution in [3.05, 3.63) is 113 Å². The summed E-state index contributed by atoms with van der Waals surface area (Å²) in [6, 6.07) is 19.1. The number of anilines is 1. The maximum Gasteiger partial charge on any atom is 0.274 e. The summed E-state index contributed by atoms with van der Waals surface area (Å²) in [6.45, 7) is 0. The highest BCUT2D eigenvalue weighted by atomic mass is 35.5. The minimum absolute atomic E-state index is 0.0412. The highest BCUT2D eigenvalue weighted by Gasteiger charge is 2.45. The number of amides is 1. The van der Waals surface area contributed by atoms with Crippen LogP contribution in [0.3, 0.4) is 0 Å². The molecule has 198 valence electrons. The average molecular weight is 562 g/mol. The van der Waals surface area contributed by atoms with Crippen molar-refractivity contribution in [2.75, 3.05) is 4.72 Å². The highest BCUT2D eigenvalue weighted by Crippen LogP contribution is 2.45. The maximum atomic E-state index is 13.9. The SMILES string of the molecule is O=C(c1cccc(S(=O)(=O)Nc2ccc(Cl)cc2)c1)N1N=C2/C(=C/c3ccco3)CCCC2C1c1ccco1. The molecule has 2 aliphatic rings. The zero-order valence-corrected chi connectivity index (χ0v) is 22.2. The molecule has 3 heterocycles. The molecule has 10 heteroatoms. The summed E-state index contributed by atoms with van der Waals surface area (Å²) >= 11 is 5.91. The molecule has 1 fully saturated rings. The number of carbonyl (C=O) groups excluding carboxylic acids is 1. The molecule has 8 nitrogen and oxygen atoms in total. The number of fused-ring (bicyclic) bond motifs is 1. The van der Waals surface area contributed by atoms with E-state index in [1.165, 1.54) is 17.1 Å². The Morgan fingerprint density at radius 2 is 1.82 bits per heavy atom. The zero-order chi connectivity index (χ0) is 27.0. The molecule has 4 aromatic rings. The quantitative estimate of drug-likeness (QED) is 0.280. The number of halogens is 1. The van der Waals surface area contributed by atoms with Gasteiger partial charge < -0.3 is 8.83 Å². The molecular formula is C29H24ClN3O5S. The van der Waals surface area contributed by atoms with Crippen LogP contribution in [0.15, 0.2) is 110 Å². The number of nitrogens with one attached hydrogen (secondary N) is 1. The van der Waals surface area contributed by atoms with E-state index in [1.54, 1.807) is 55.0 Å². The number of furan rings is 2. The van der Waals surface area contributed by atoms with Gasteiger partial charge in [0.25, 0.3) is 15.9 Å². The molecule has 2 atom stereocenters. The fraction of sp³-hybridized carbons (Fsp3) is 0.172. The van der Waals surface area contributed by atoms with Crippen molar-refractivity contribution in [1.82, 2.24) is 5.01 Å². The lowest BCUT2D eigenvalue weighted by molar-refractivity contribution is 0.0656. The van der Waals surface area contributed by atoms with Gasteiger partial charge in [-0.05, 0) is 97.6 Å². The molecule has 0 radical (unpaired) electrons. The van der Waals surface area contributed by atoms with Crippen LogP contribution in [-0.4, -0.2) is 25.0 Å². The van der Waals surface area contributed by atoms with E-state index in [-0.39, 0.29) is 16.4 Å². The minimum Gasteiger partial charge on any atom is -0.467 e. The summed E-state index contributed by atoms with van der Waals surface area (Å²) in [4.78, 5) is 13.9. The van der Waals surface area contributed by atoms with Crippen LogP contribution in [0.1, 0.15) is 47.2 Å². The Morgan fingerprint density at radius 3 is 2.56 bits per heavy atom. The third kappa shape index (κ3) is 5.03. The normalized spacial score (nSPS) is 20.1. The van der Waals surface area contributed by atoms with Gasteiger partial charge in [-0.2, -0.15) is 5.10 Å². The van der Waals surface area contributed by atoms with Crippen molar-refractivity contribution < 1.29 is 22.0 Å². The molecule has 39 heavy (non-hydrogen) atoms. The van der Waals surface area contributed by atoms with Crippen LogP contribution in [0.2, 0.25) is 5.02 Å². The number of allylic oxidation sites excluding steroid dienone is 1. The Kier molecular flexibility index (Phi) is 6.62. The average Bonchev–Trinajstić information content (AvgIpc) is 3.71. The van der Waals surface area contributed by atoms with Crippen LogP contribution in [0.5, 0.6) is 0 Å². The molecule has 1 N–H and O–H groups in total. The Balaban J connectivity index is 1.34. The number of hydrogen-bond donors (Lipinski definition) is 1. The molecule has 1 aliphatic heterocycles. The fourth-order valence-electron chi connectivity index (χ4n) is 5.11. The van der Waals surface area contributed by atoms with Gasteiger partial charge >= 0.3 is 0 Å².